The Morgan fingerprint density at radius 3 is 2.57 bits per heavy atom. The topological polar surface area (TPSA) is 80.5 Å². The number of pyridine rings is 1. The molecule has 7 heteroatoms. The van der Waals surface area contributed by atoms with Crippen LogP contribution in [0.25, 0.3) is 16.8 Å². The van der Waals surface area contributed by atoms with E-state index in [0.717, 1.165) is 66.1 Å². The van der Waals surface area contributed by atoms with E-state index < -0.39 is 0 Å². The van der Waals surface area contributed by atoms with Gasteiger partial charge in [-0.05, 0) is 50.3 Å². The maximum Gasteiger partial charge on any atom is 0.246 e. The highest BCUT2D eigenvalue weighted by Gasteiger charge is 2.34. The van der Waals surface area contributed by atoms with Crippen LogP contribution in [0.1, 0.15) is 71.6 Å². The third kappa shape index (κ3) is 4.46. The number of Topliss-reactive ketones (excluding diaryl/α,β-unsaturated/α-hetero) is 1. The van der Waals surface area contributed by atoms with E-state index in [1.165, 1.54) is 6.08 Å². The van der Waals surface area contributed by atoms with Crippen molar-refractivity contribution in [3.8, 4) is 11.3 Å². The van der Waals surface area contributed by atoms with E-state index in [2.05, 4.69) is 16.0 Å². The van der Waals surface area contributed by atoms with Crippen LogP contribution in [-0.2, 0) is 11.2 Å². The molecule has 7 nitrogen and oxygen atoms in total. The largest absolute Gasteiger partial charge is 0.329 e. The van der Waals surface area contributed by atoms with E-state index in [9.17, 15) is 9.59 Å². The number of ketones is 1. The number of nitrogens with zero attached hydrogens (tertiary/aromatic N) is 5. The highest BCUT2D eigenvalue weighted by atomic mass is 16.2. The zero-order chi connectivity index (χ0) is 25.4. The monoisotopic (exact) mass is 491 g/mol. The average molecular weight is 492 g/mol. The van der Waals surface area contributed by atoms with Crippen molar-refractivity contribution in [2.24, 2.45) is 0 Å². The number of hydrogen-bond acceptors (Lipinski definition) is 5. The Hall–Kier alpha value is -4.13. The molecule has 0 unspecified atom stereocenters. The molecule has 6 rings (SSSR count). The third-order valence-corrected chi connectivity index (χ3v) is 7.38. The summed E-state index contributed by atoms with van der Waals surface area (Å²) in [6.45, 7) is 4.42. The molecule has 2 aliphatic rings. The normalized spacial score (nSPS) is 17.6. The van der Waals surface area contributed by atoms with Gasteiger partial charge in [0.2, 0.25) is 5.91 Å². The van der Waals surface area contributed by atoms with Crippen molar-refractivity contribution in [3.05, 3.63) is 96.5 Å². The van der Waals surface area contributed by atoms with E-state index in [0.29, 0.717) is 18.0 Å². The van der Waals surface area contributed by atoms with Gasteiger partial charge < -0.3 is 4.90 Å². The fourth-order valence-corrected chi connectivity index (χ4v) is 5.34. The first-order valence-corrected chi connectivity index (χ1v) is 13.0. The number of rotatable bonds is 7. The van der Waals surface area contributed by atoms with Gasteiger partial charge in [-0.25, -0.2) is 4.98 Å². The molecule has 1 amide bonds. The summed E-state index contributed by atoms with van der Waals surface area (Å²) >= 11 is 0. The summed E-state index contributed by atoms with van der Waals surface area (Å²) in [5, 5.41) is 0. The number of amides is 1. The number of hydrogen-bond donors (Lipinski definition) is 0. The highest BCUT2D eigenvalue weighted by molar-refractivity contribution is 5.98. The number of piperidine rings is 1. The molecule has 1 saturated heterocycles. The SMILES string of the molecule is C=CC(=O)N1CCCC[C@H]1c1nc(-c2ccc(C(=O)Cc3ccccn3)cc2)c2c(C3CC3)nccn12. The molecular weight excluding hydrogens is 462 g/mol. The molecule has 4 aromatic rings. The predicted molar refractivity (Wildman–Crippen MR) is 141 cm³/mol. The summed E-state index contributed by atoms with van der Waals surface area (Å²) in [4.78, 5) is 41.6. The molecule has 1 saturated carbocycles. The van der Waals surface area contributed by atoms with Gasteiger partial charge in [0.25, 0.3) is 0 Å². The van der Waals surface area contributed by atoms with Crippen molar-refractivity contribution in [1.29, 1.82) is 0 Å². The number of aromatic nitrogens is 4. The van der Waals surface area contributed by atoms with Crippen molar-refractivity contribution in [2.45, 2.75) is 50.5 Å². The summed E-state index contributed by atoms with van der Waals surface area (Å²) in [7, 11) is 0. The molecule has 0 radical (unpaired) electrons. The molecule has 4 heterocycles. The molecule has 0 spiro atoms. The van der Waals surface area contributed by atoms with E-state index in [1.807, 2.05) is 59.8 Å². The van der Waals surface area contributed by atoms with Crippen LogP contribution in [-0.4, -0.2) is 42.5 Å². The Bertz CT molecular complexity index is 1470. The van der Waals surface area contributed by atoms with Gasteiger partial charge in [0.1, 0.15) is 5.82 Å². The number of likely N-dealkylation sites (tertiary alicyclic amines) is 1. The van der Waals surface area contributed by atoms with Crippen molar-refractivity contribution >= 4 is 17.2 Å². The number of benzene rings is 1. The zero-order valence-corrected chi connectivity index (χ0v) is 20.7. The zero-order valence-electron chi connectivity index (χ0n) is 20.7. The summed E-state index contributed by atoms with van der Waals surface area (Å²) in [5.41, 5.74) is 5.25. The van der Waals surface area contributed by atoms with Crippen LogP contribution in [0.3, 0.4) is 0 Å². The lowest BCUT2D eigenvalue weighted by Crippen LogP contribution is -2.38. The number of carbonyl (C=O) groups excluding carboxylic acids is 2. The third-order valence-electron chi connectivity index (χ3n) is 7.38. The molecule has 3 aromatic heterocycles. The summed E-state index contributed by atoms with van der Waals surface area (Å²) < 4.78 is 2.13. The van der Waals surface area contributed by atoms with E-state index in [4.69, 9.17) is 9.97 Å². The number of carbonyl (C=O) groups is 2. The minimum Gasteiger partial charge on any atom is -0.329 e. The van der Waals surface area contributed by atoms with Gasteiger partial charge >= 0.3 is 0 Å². The molecule has 0 bridgehead atoms. The quantitative estimate of drug-likeness (QED) is 0.258. The van der Waals surface area contributed by atoms with Crippen LogP contribution < -0.4 is 0 Å². The van der Waals surface area contributed by atoms with Gasteiger partial charge in [-0.1, -0.05) is 36.9 Å². The van der Waals surface area contributed by atoms with Crippen LogP contribution in [0.2, 0.25) is 0 Å². The van der Waals surface area contributed by atoms with Gasteiger partial charge in [-0.3, -0.25) is 24.0 Å². The molecule has 186 valence electrons. The highest BCUT2D eigenvalue weighted by Crippen LogP contribution is 2.44. The van der Waals surface area contributed by atoms with Crippen molar-refractivity contribution < 1.29 is 9.59 Å². The Balaban J connectivity index is 1.40. The summed E-state index contributed by atoms with van der Waals surface area (Å²) in [5.74, 6) is 1.26. The molecule has 1 aliphatic carbocycles. The summed E-state index contributed by atoms with van der Waals surface area (Å²) in [6, 6.07) is 13.2. The van der Waals surface area contributed by atoms with Gasteiger partial charge in [-0.2, -0.15) is 0 Å². The Labute approximate surface area is 215 Å². The molecule has 1 atom stereocenters. The second kappa shape index (κ2) is 9.73. The van der Waals surface area contributed by atoms with Crippen LogP contribution >= 0.6 is 0 Å². The predicted octanol–water partition coefficient (Wildman–Crippen LogP) is 5.33. The van der Waals surface area contributed by atoms with Gasteiger partial charge in [-0.15, -0.1) is 0 Å². The first-order valence-electron chi connectivity index (χ1n) is 13.0. The second-order valence-electron chi connectivity index (χ2n) is 9.87. The van der Waals surface area contributed by atoms with Crippen LogP contribution in [0.4, 0.5) is 0 Å². The fourth-order valence-electron chi connectivity index (χ4n) is 5.34. The maximum atomic E-state index is 12.8. The minimum atomic E-state index is -0.117. The maximum absolute atomic E-state index is 12.8. The molecule has 2 fully saturated rings. The molecular formula is C30H29N5O2. The van der Waals surface area contributed by atoms with Gasteiger partial charge in [0.15, 0.2) is 5.78 Å². The van der Waals surface area contributed by atoms with E-state index in [-0.39, 0.29) is 24.2 Å². The average Bonchev–Trinajstić information content (AvgIpc) is 3.73. The molecule has 0 N–H and O–H groups in total. The Kier molecular flexibility index (Phi) is 6.12. The lowest BCUT2D eigenvalue weighted by atomic mass is 10.0. The van der Waals surface area contributed by atoms with Crippen LogP contribution in [0, 0.1) is 0 Å². The lowest BCUT2D eigenvalue weighted by molar-refractivity contribution is -0.129. The first-order chi connectivity index (χ1) is 18.1. The van der Waals surface area contributed by atoms with Crippen molar-refractivity contribution in [1.82, 2.24) is 24.3 Å². The Morgan fingerprint density at radius 1 is 1.00 bits per heavy atom. The summed E-state index contributed by atoms with van der Waals surface area (Å²) in [6.07, 6.45) is 12.3. The van der Waals surface area contributed by atoms with Crippen LogP contribution in [0.15, 0.2) is 73.7 Å². The van der Waals surface area contributed by atoms with E-state index in [1.54, 1.807) is 6.20 Å². The van der Waals surface area contributed by atoms with Crippen molar-refractivity contribution in [2.75, 3.05) is 6.54 Å². The second-order valence-corrected chi connectivity index (χ2v) is 9.87. The Morgan fingerprint density at radius 2 is 1.84 bits per heavy atom. The van der Waals surface area contributed by atoms with Crippen molar-refractivity contribution in [3.63, 3.8) is 0 Å². The molecule has 1 aliphatic heterocycles. The van der Waals surface area contributed by atoms with Gasteiger partial charge in [0, 0.05) is 47.9 Å². The lowest BCUT2D eigenvalue weighted by Gasteiger charge is -2.34. The standard InChI is InChI=1S/C30H29N5O2/c1-2-26(37)34-17-6-4-8-24(34)30-33-28(29-27(21-13-14-21)32-16-18-35(29)30)22-11-9-20(10-12-22)25(36)19-23-7-3-5-15-31-23/h2-3,5,7,9-12,15-16,18,21,24H,1,4,6,8,13-14,17,19H2/t24-/m0/s1. The number of fused-ring (bicyclic) bond motifs is 1. The molecule has 1 aromatic carbocycles. The van der Waals surface area contributed by atoms with E-state index >= 15 is 0 Å². The first kappa shape index (κ1) is 23.3. The minimum absolute atomic E-state index is 0.0294. The van der Waals surface area contributed by atoms with Crippen LogP contribution in [0.5, 0.6) is 0 Å². The fraction of sp³-hybridized carbons (Fsp3) is 0.300. The number of imidazole rings is 1. The smallest absolute Gasteiger partial charge is 0.246 e. The van der Waals surface area contributed by atoms with Gasteiger partial charge in [0.05, 0.1) is 29.4 Å². The molecule has 37 heavy (non-hydrogen) atoms.